The van der Waals surface area contributed by atoms with Crippen LogP contribution < -0.4 is 0 Å². The van der Waals surface area contributed by atoms with E-state index in [4.69, 9.17) is 0 Å². The first-order valence-corrected chi connectivity index (χ1v) is 3.77. The lowest BCUT2D eigenvalue weighted by Crippen LogP contribution is -1.93. The molecule has 0 saturated carbocycles. The summed E-state index contributed by atoms with van der Waals surface area (Å²) in [6.07, 6.45) is 8.85. The van der Waals surface area contributed by atoms with E-state index in [9.17, 15) is 4.79 Å². The quantitative estimate of drug-likeness (QED) is 0.535. The van der Waals surface area contributed by atoms with Crippen LogP contribution in [0.5, 0.6) is 0 Å². The van der Waals surface area contributed by atoms with Gasteiger partial charge in [0, 0.05) is 6.42 Å². The summed E-state index contributed by atoms with van der Waals surface area (Å²) in [7, 11) is 0. The Hall–Kier alpha value is -0.590. The van der Waals surface area contributed by atoms with Crippen molar-refractivity contribution < 1.29 is 4.79 Å². The first-order chi connectivity index (χ1) is 4.81. The van der Waals surface area contributed by atoms with Crippen molar-refractivity contribution in [2.75, 3.05) is 0 Å². The summed E-state index contributed by atoms with van der Waals surface area (Å²) in [6.45, 7) is 4.09. The monoisotopic (exact) mass is 139 g/mol. The first-order valence-electron chi connectivity index (χ1n) is 3.77. The minimum absolute atomic E-state index is 0.494. The van der Waals surface area contributed by atoms with Crippen LogP contribution in [0.15, 0.2) is 12.2 Å². The molecule has 0 fully saturated rings. The minimum Gasteiger partial charge on any atom is -0.291 e. The second-order valence-electron chi connectivity index (χ2n) is 2.60. The van der Waals surface area contributed by atoms with Gasteiger partial charge in [-0.15, -0.1) is 0 Å². The summed E-state index contributed by atoms with van der Waals surface area (Å²) in [5, 5.41) is 0. The van der Waals surface area contributed by atoms with Crippen molar-refractivity contribution in [1.82, 2.24) is 0 Å². The van der Waals surface area contributed by atoms with Crippen LogP contribution in [0.2, 0.25) is 0 Å². The molecule has 0 aliphatic heterocycles. The summed E-state index contributed by atoms with van der Waals surface area (Å²) < 4.78 is 0. The van der Waals surface area contributed by atoms with Crippen molar-refractivity contribution in [3.63, 3.8) is 0 Å². The molecule has 0 aromatic rings. The van der Waals surface area contributed by atoms with Crippen LogP contribution >= 0.6 is 0 Å². The van der Waals surface area contributed by atoms with Crippen molar-refractivity contribution in [2.45, 2.75) is 33.1 Å². The van der Waals surface area contributed by atoms with Gasteiger partial charge in [-0.1, -0.05) is 19.1 Å². The van der Waals surface area contributed by atoms with E-state index in [1.165, 1.54) is 0 Å². The summed E-state index contributed by atoms with van der Waals surface area (Å²) >= 11 is 0. The molecular weight excluding hydrogens is 124 g/mol. The molecule has 0 heterocycles. The molecule has 1 unspecified atom stereocenters. The number of allylic oxidation sites excluding steroid dienone is 2. The van der Waals surface area contributed by atoms with Gasteiger partial charge in [0.2, 0.25) is 0 Å². The molecule has 1 radical (unpaired) electrons. The van der Waals surface area contributed by atoms with E-state index >= 15 is 0 Å². The first kappa shape index (κ1) is 9.41. The molecule has 0 aromatic heterocycles. The standard InChI is InChI=1S/C9H15O/c1-3-4-5-6-9(2)7-8-10/h3-4,9H,5-7H2,1-2H3. The SMILES string of the molecule is CC=CCCC(C)C[C]=O. The average molecular weight is 139 g/mol. The maximum absolute atomic E-state index is 9.90. The Labute approximate surface area is 63.1 Å². The third-order valence-electron chi connectivity index (χ3n) is 1.49. The smallest absolute Gasteiger partial charge is 0.198 e. The Morgan fingerprint density at radius 1 is 1.60 bits per heavy atom. The zero-order valence-electron chi connectivity index (χ0n) is 6.76. The van der Waals surface area contributed by atoms with Crippen molar-refractivity contribution >= 4 is 6.29 Å². The van der Waals surface area contributed by atoms with Gasteiger partial charge in [-0.2, -0.15) is 0 Å². The van der Waals surface area contributed by atoms with E-state index in [2.05, 4.69) is 13.0 Å². The van der Waals surface area contributed by atoms with E-state index in [0.29, 0.717) is 12.3 Å². The van der Waals surface area contributed by atoms with Crippen LogP contribution in [0.3, 0.4) is 0 Å². The second kappa shape index (κ2) is 6.53. The van der Waals surface area contributed by atoms with Gasteiger partial charge in [0.25, 0.3) is 0 Å². The molecule has 0 spiro atoms. The maximum Gasteiger partial charge on any atom is 0.198 e. The average Bonchev–Trinajstić information content (AvgIpc) is 1.89. The lowest BCUT2D eigenvalue weighted by Gasteiger charge is -2.02. The fraction of sp³-hybridized carbons (Fsp3) is 0.667. The van der Waals surface area contributed by atoms with Gasteiger partial charge in [0.15, 0.2) is 6.29 Å². The largest absolute Gasteiger partial charge is 0.291 e. The van der Waals surface area contributed by atoms with Crippen LogP contribution in [-0.2, 0) is 4.79 Å². The lowest BCUT2D eigenvalue weighted by molar-refractivity contribution is 0.507. The highest BCUT2D eigenvalue weighted by Crippen LogP contribution is 2.08. The van der Waals surface area contributed by atoms with E-state index in [-0.39, 0.29) is 0 Å². The zero-order valence-corrected chi connectivity index (χ0v) is 6.76. The highest BCUT2D eigenvalue weighted by Gasteiger charge is 1.98. The fourth-order valence-electron chi connectivity index (χ4n) is 0.792. The molecule has 1 nitrogen and oxygen atoms in total. The Balaban J connectivity index is 3.20. The summed E-state index contributed by atoms with van der Waals surface area (Å²) in [5.41, 5.74) is 0. The summed E-state index contributed by atoms with van der Waals surface area (Å²) in [5.74, 6) is 0.494. The maximum atomic E-state index is 9.90. The molecule has 0 N–H and O–H groups in total. The predicted molar refractivity (Wildman–Crippen MR) is 43.5 cm³/mol. The molecule has 0 bridgehead atoms. The zero-order chi connectivity index (χ0) is 7.82. The van der Waals surface area contributed by atoms with Gasteiger partial charge >= 0.3 is 0 Å². The molecule has 1 heteroatoms. The normalized spacial score (nSPS) is 13.8. The van der Waals surface area contributed by atoms with Crippen molar-refractivity contribution in [1.29, 1.82) is 0 Å². The van der Waals surface area contributed by atoms with E-state index in [0.717, 1.165) is 12.8 Å². The number of hydrogen-bond acceptors (Lipinski definition) is 1. The molecule has 0 rings (SSSR count). The summed E-state index contributed by atoms with van der Waals surface area (Å²) in [6, 6.07) is 0. The third-order valence-corrected chi connectivity index (χ3v) is 1.49. The van der Waals surface area contributed by atoms with Gasteiger partial charge in [0.1, 0.15) is 0 Å². The molecular formula is C9H15O. The van der Waals surface area contributed by atoms with Gasteiger partial charge < -0.3 is 0 Å². The Morgan fingerprint density at radius 3 is 2.80 bits per heavy atom. The van der Waals surface area contributed by atoms with E-state index in [1.54, 1.807) is 0 Å². The second-order valence-corrected chi connectivity index (χ2v) is 2.60. The van der Waals surface area contributed by atoms with E-state index < -0.39 is 0 Å². The highest BCUT2D eigenvalue weighted by molar-refractivity contribution is 5.50. The van der Waals surface area contributed by atoms with Crippen molar-refractivity contribution in [3.05, 3.63) is 12.2 Å². The van der Waals surface area contributed by atoms with E-state index in [1.807, 2.05) is 19.3 Å². The Bertz CT molecular complexity index is 105. The van der Waals surface area contributed by atoms with Gasteiger partial charge in [0.05, 0.1) is 0 Å². The number of carbonyl (C=O) groups excluding carboxylic acids is 1. The van der Waals surface area contributed by atoms with Crippen LogP contribution in [0, 0.1) is 5.92 Å². The number of rotatable bonds is 5. The highest BCUT2D eigenvalue weighted by atomic mass is 16.1. The van der Waals surface area contributed by atoms with Gasteiger partial charge in [-0.3, -0.25) is 4.79 Å². The van der Waals surface area contributed by atoms with Crippen molar-refractivity contribution in [2.24, 2.45) is 5.92 Å². The Morgan fingerprint density at radius 2 is 2.30 bits per heavy atom. The Kier molecular flexibility index (Phi) is 6.14. The van der Waals surface area contributed by atoms with Crippen LogP contribution in [0.1, 0.15) is 33.1 Å². The molecule has 0 saturated heterocycles. The minimum atomic E-state index is 0.494. The molecule has 0 aromatic carbocycles. The molecule has 0 aliphatic rings. The molecule has 0 amide bonds. The fourth-order valence-corrected chi connectivity index (χ4v) is 0.792. The topological polar surface area (TPSA) is 17.1 Å². The summed E-state index contributed by atoms with van der Waals surface area (Å²) in [4.78, 5) is 9.90. The molecule has 57 valence electrons. The van der Waals surface area contributed by atoms with Crippen LogP contribution in [0.4, 0.5) is 0 Å². The van der Waals surface area contributed by atoms with Crippen LogP contribution in [0.25, 0.3) is 0 Å². The molecule has 1 atom stereocenters. The van der Waals surface area contributed by atoms with Gasteiger partial charge in [-0.05, 0) is 25.7 Å². The van der Waals surface area contributed by atoms with Crippen LogP contribution in [-0.4, -0.2) is 6.29 Å². The van der Waals surface area contributed by atoms with Gasteiger partial charge in [-0.25, -0.2) is 0 Å². The molecule has 0 aliphatic carbocycles. The molecule has 10 heavy (non-hydrogen) atoms. The predicted octanol–water partition coefficient (Wildman–Crippen LogP) is 2.48. The number of hydrogen-bond donors (Lipinski definition) is 0. The van der Waals surface area contributed by atoms with Crippen molar-refractivity contribution in [3.8, 4) is 0 Å². The third kappa shape index (κ3) is 5.54. The lowest BCUT2D eigenvalue weighted by atomic mass is 10.0.